The Hall–Kier alpha value is -1.91. The minimum absolute atomic E-state index is 0.00688. The highest BCUT2D eigenvalue weighted by atomic mass is 16.4. The number of aromatic carboxylic acids is 1. The molecule has 5 heteroatoms. The number of hydrogen-bond donors (Lipinski definition) is 2. The summed E-state index contributed by atoms with van der Waals surface area (Å²) in [5.74, 6) is 1.05. The molecule has 2 aliphatic carbocycles. The van der Waals surface area contributed by atoms with Crippen molar-refractivity contribution in [2.75, 3.05) is 5.32 Å². The van der Waals surface area contributed by atoms with Crippen LogP contribution in [0.1, 0.15) is 42.6 Å². The molecule has 1 heterocycles. The molecule has 0 aromatic carbocycles. The van der Waals surface area contributed by atoms with Gasteiger partial charge in [0.2, 0.25) is 5.91 Å². The molecule has 2 saturated carbocycles. The maximum atomic E-state index is 12.0. The highest BCUT2D eigenvalue weighted by Crippen LogP contribution is 2.49. The lowest BCUT2D eigenvalue weighted by molar-refractivity contribution is -0.117. The molecule has 0 spiro atoms. The molecule has 106 valence electrons. The molecule has 0 radical (unpaired) electrons. The van der Waals surface area contributed by atoms with Crippen LogP contribution in [0.5, 0.6) is 0 Å². The Bertz CT molecular complexity index is 526. The summed E-state index contributed by atoms with van der Waals surface area (Å²) in [7, 11) is 0. The summed E-state index contributed by atoms with van der Waals surface area (Å²) in [6, 6.07) is 2.98. The van der Waals surface area contributed by atoms with E-state index in [4.69, 9.17) is 5.11 Å². The van der Waals surface area contributed by atoms with Gasteiger partial charge in [-0.2, -0.15) is 0 Å². The third kappa shape index (κ3) is 2.66. The van der Waals surface area contributed by atoms with Gasteiger partial charge in [0.25, 0.3) is 0 Å². The normalized spacial score (nSPS) is 27.5. The molecule has 3 rings (SSSR count). The summed E-state index contributed by atoms with van der Waals surface area (Å²) in [4.78, 5) is 26.5. The highest BCUT2D eigenvalue weighted by molar-refractivity contribution is 5.91. The molecule has 5 nitrogen and oxygen atoms in total. The van der Waals surface area contributed by atoms with Gasteiger partial charge in [-0.25, -0.2) is 9.78 Å². The number of carboxylic acids is 1. The predicted molar refractivity (Wildman–Crippen MR) is 73.4 cm³/mol. The molecule has 3 atom stereocenters. The monoisotopic (exact) mass is 274 g/mol. The van der Waals surface area contributed by atoms with Gasteiger partial charge in [0.05, 0.1) is 11.9 Å². The number of amides is 1. The van der Waals surface area contributed by atoms with Crippen molar-refractivity contribution in [3.8, 4) is 0 Å². The fraction of sp³-hybridized carbons (Fsp3) is 0.533. The number of hydrogen-bond acceptors (Lipinski definition) is 3. The van der Waals surface area contributed by atoms with Crippen LogP contribution < -0.4 is 5.32 Å². The Kier molecular flexibility index (Phi) is 3.42. The molecule has 3 unspecified atom stereocenters. The van der Waals surface area contributed by atoms with E-state index in [1.165, 1.54) is 37.9 Å². The maximum Gasteiger partial charge on any atom is 0.354 e. The number of rotatable bonds is 4. The van der Waals surface area contributed by atoms with Crippen LogP contribution in [0.25, 0.3) is 0 Å². The first-order valence-electron chi connectivity index (χ1n) is 7.11. The first-order valence-corrected chi connectivity index (χ1v) is 7.11. The number of carbonyl (C=O) groups excluding carboxylic acids is 1. The quantitative estimate of drug-likeness (QED) is 0.884. The van der Waals surface area contributed by atoms with E-state index in [0.29, 0.717) is 18.0 Å². The van der Waals surface area contributed by atoms with Gasteiger partial charge in [-0.3, -0.25) is 4.79 Å². The number of pyridine rings is 1. The van der Waals surface area contributed by atoms with Gasteiger partial charge in [0.15, 0.2) is 0 Å². The van der Waals surface area contributed by atoms with Crippen LogP contribution in [-0.2, 0) is 4.79 Å². The summed E-state index contributed by atoms with van der Waals surface area (Å²) >= 11 is 0. The average Bonchev–Trinajstić information content (AvgIpc) is 3.01. The number of carbonyl (C=O) groups is 2. The average molecular weight is 274 g/mol. The van der Waals surface area contributed by atoms with Gasteiger partial charge in [-0.15, -0.1) is 0 Å². The smallest absolute Gasteiger partial charge is 0.354 e. The molecule has 0 aliphatic heterocycles. The fourth-order valence-corrected chi connectivity index (χ4v) is 3.67. The van der Waals surface area contributed by atoms with Crippen molar-refractivity contribution in [1.29, 1.82) is 0 Å². The van der Waals surface area contributed by atoms with E-state index in [1.54, 1.807) is 6.07 Å². The zero-order valence-electron chi connectivity index (χ0n) is 11.2. The number of fused-ring (bicyclic) bond motifs is 2. The predicted octanol–water partition coefficient (Wildman–Crippen LogP) is 2.54. The summed E-state index contributed by atoms with van der Waals surface area (Å²) in [5.41, 5.74) is 0.541. The van der Waals surface area contributed by atoms with Crippen molar-refractivity contribution in [2.45, 2.75) is 32.1 Å². The zero-order valence-corrected chi connectivity index (χ0v) is 11.2. The Balaban J connectivity index is 1.55. The second-order valence-corrected chi connectivity index (χ2v) is 5.92. The Labute approximate surface area is 117 Å². The van der Waals surface area contributed by atoms with Crippen LogP contribution in [0.15, 0.2) is 18.3 Å². The number of aromatic nitrogens is 1. The first-order chi connectivity index (χ1) is 9.61. The third-order valence-electron chi connectivity index (χ3n) is 4.60. The largest absolute Gasteiger partial charge is 0.477 e. The Morgan fingerprint density at radius 2 is 2.15 bits per heavy atom. The lowest BCUT2D eigenvalue weighted by atomic mass is 9.86. The van der Waals surface area contributed by atoms with Gasteiger partial charge < -0.3 is 10.4 Å². The SMILES string of the molecule is O=C(CC1CC2CCC1C2)Nc1ccc(C(=O)O)nc1. The Morgan fingerprint density at radius 1 is 1.30 bits per heavy atom. The molecule has 1 aromatic heterocycles. The molecule has 2 fully saturated rings. The minimum Gasteiger partial charge on any atom is -0.477 e. The van der Waals surface area contributed by atoms with Crippen molar-refractivity contribution >= 4 is 17.6 Å². The third-order valence-corrected chi connectivity index (χ3v) is 4.60. The molecule has 0 saturated heterocycles. The molecule has 2 aliphatic rings. The highest BCUT2D eigenvalue weighted by Gasteiger charge is 2.40. The summed E-state index contributed by atoms with van der Waals surface area (Å²) < 4.78 is 0. The molecular weight excluding hydrogens is 256 g/mol. The van der Waals surface area contributed by atoms with Crippen LogP contribution in [-0.4, -0.2) is 22.0 Å². The second-order valence-electron chi connectivity index (χ2n) is 5.92. The van der Waals surface area contributed by atoms with Crippen LogP contribution in [0.3, 0.4) is 0 Å². The summed E-state index contributed by atoms with van der Waals surface area (Å²) in [6.45, 7) is 0. The van der Waals surface area contributed by atoms with Crippen LogP contribution >= 0.6 is 0 Å². The zero-order chi connectivity index (χ0) is 14.1. The summed E-state index contributed by atoms with van der Waals surface area (Å²) in [6.07, 6.45) is 7.06. The van der Waals surface area contributed by atoms with Crippen LogP contribution in [0.2, 0.25) is 0 Å². The molecular formula is C15H18N2O3. The number of nitrogens with one attached hydrogen (secondary N) is 1. The first kappa shape index (κ1) is 13.1. The van der Waals surface area contributed by atoms with E-state index >= 15 is 0 Å². The van der Waals surface area contributed by atoms with Crippen molar-refractivity contribution in [3.63, 3.8) is 0 Å². The molecule has 1 aromatic rings. The van der Waals surface area contributed by atoms with Crippen LogP contribution in [0, 0.1) is 17.8 Å². The van der Waals surface area contributed by atoms with E-state index in [2.05, 4.69) is 10.3 Å². The second kappa shape index (κ2) is 5.23. The van der Waals surface area contributed by atoms with Gasteiger partial charge in [0.1, 0.15) is 5.69 Å². The molecule has 2 bridgehead atoms. The van der Waals surface area contributed by atoms with Gasteiger partial charge >= 0.3 is 5.97 Å². The standard InChI is InChI=1S/C15H18N2O3/c18-14(7-11-6-9-1-2-10(11)5-9)17-12-3-4-13(15(19)20)16-8-12/h3-4,8-11H,1-2,5-7H2,(H,17,18)(H,19,20). The van der Waals surface area contributed by atoms with E-state index in [-0.39, 0.29) is 11.6 Å². The van der Waals surface area contributed by atoms with E-state index in [0.717, 1.165) is 11.8 Å². The van der Waals surface area contributed by atoms with Crippen molar-refractivity contribution in [1.82, 2.24) is 4.98 Å². The van der Waals surface area contributed by atoms with Crippen molar-refractivity contribution in [2.24, 2.45) is 17.8 Å². The molecule has 1 amide bonds. The van der Waals surface area contributed by atoms with Crippen LogP contribution in [0.4, 0.5) is 5.69 Å². The topological polar surface area (TPSA) is 79.3 Å². The van der Waals surface area contributed by atoms with E-state index in [9.17, 15) is 9.59 Å². The minimum atomic E-state index is -1.06. The fourth-order valence-electron chi connectivity index (χ4n) is 3.67. The van der Waals surface area contributed by atoms with E-state index < -0.39 is 5.97 Å². The Morgan fingerprint density at radius 3 is 2.70 bits per heavy atom. The van der Waals surface area contributed by atoms with Crippen molar-refractivity contribution in [3.05, 3.63) is 24.0 Å². The summed E-state index contributed by atoms with van der Waals surface area (Å²) in [5, 5.41) is 11.6. The molecule has 2 N–H and O–H groups in total. The number of nitrogens with zero attached hydrogens (tertiary/aromatic N) is 1. The lowest BCUT2D eigenvalue weighted by Gasteiger charge is -2.20. The lowest BCUT2D eigenvalue weighted by Crippen LogP contribution is -2.20. The van der Waals surface area contributed by atoms with Crippen molar-refractivity contribution < 1.29 is 14.7 Å². The van der Waals surface area contributed by atoms with Gasteiger partial charge in [-0.1, -0.05) is 6.42 Å². The van der Waals surface area contributed by atoms with Gasteiger partial charge in [0, 0.05) is 6.42 Å². The van der Waals surface area contributed by atoms with Gasteiger partial charge in [-0.05, 0) is 49.1 Å². The maximum absolute atomic E-state index is 12.0. The van der Waals surface area contributed by atoms with E-state index in [1.807, 2.05) is 0 Å². The number of carboxylic acid groups (broad SMARTS) is 1. The molecule has 20 heavy (non-hydrogen) atoms. The number of anilines is 1.